The summed E-state index contributed by atoms with van der Waals surface area (Å²) in [5.74, 6) is 11.8. The zero-order chi connectivity index (χ0) is 13.9. The van der Waals surface area contributed by atoms with Crippen molar-refractivity contribution in [3.63, 3.8) is 0 Å². The van der Waals surface area contributed by atoms with Gasteiger partial charge in [0.2, 0.25) is 0 Å². The van der Waals surface area contributed by atoms with E-state index in [1.54, 1.807) is 0 Å². The minimum absolute atomic E-state index is 0.413. The van der Waals surface area contributed by atoms with Gasteiger partial charge in [0, 0.05) is 13.2 Å². The molecule has 0 atom stereocenters. The molecule has 0 amide bonds. The normalized spacial score (nSPS) is 16.3. The van der Waals surface area contributed by atoms with Crippen LogP contribution in [0.2, 0.25) is 0 Å². The van der Waals surface area contributed by atoms with E-state index in [9.17, 15) is 0 Å². The Kier molecular flexibility index (Phi) is 6.41. The Bertz CT molecular complexity index is 525. The standard InChI is InChI=1S/C17H17NO2/c1-2-8-16(9-3-1)18-17-10-6-14-19-12-4-5-13-20-15-7-11-17/h1-3,8-9H,4-5,12-15H2. The van der Waals surface area contributed by atoms with Crippen LogP contribution in [-0.2, 0) is 9.47 Å². The minimum atomic E-state index is 0.413. The molecule has 0 N–H and O–H groups in total. The fraction of sp³-hybridized carbons (Fsp3) is 0.353. The lowest BCUT2D eigenvalue weighted by Crippen LogP contribution is -1.99. The molecule has 3 heteroatoms. The summed E-state index contributed by atoms with van der Waals surface area (Å²) < 4.78 is 10.8. The number of benzene rings is 1. The van der Waals surface area contributed by atoms with Crippen molar-refractivity contribution in [1.82, 2.24) is 0 Å². The zero-order valence-corrected chi connectivity index (χ0v) is 11.4. The second-order valence-electron chi connectivity index (χ2n) is 4.21. The molecule has 0 bridgehead atoms. The molecular weight excluding hydrogens is 250 g/mol. The van der Waals surface area contributed by atoms with E-state index in [0.29, 0.717) is 32.1 Å². The molecule has 0 saturated carbocycles. The summed E-state index contributed by atoms with van der Waals surface area (Å²) in [5.41, 5.74) is 1.39. The number of aliphatic imine (C=N–C) groups is 1. The molecule has 0 unspecified atom stereocenters. The average Bonchev–Trinajstić information content (AvgIpc) is 2.50. The number of hydrogen-bond acceptors (Lipinski definition) is 3. The maximum absolute atomic E-state index is 5.41. The van der Waals surface area contributed by atoms with Crippen LogP contribution in [0.4, 0.5) is 5.69 Å². The van der Waals surface area contributed by atoms with E-state index >= 15 is 0 Å². The van der Waals surface area contributed by atoms with E-state index in [1.807, 2.05) is 30.3 Å². The van der Waals surface area contributed by atoms with Gasteiger partial charge in [-0.3, -0.25) is 0 Å². The molecule has 0 saturated heterocycles. The molecular formula is C17H17NO2. The largest absolute Gasteiger partial charge is 0.369 e. The summed E-state index contributed by atoms with van der Waals surface area (Å²) in [6.45, 7) is 2.25. The summed E-state index contributed by atoms with van der Waals surface area (Å²) in [4.78, 5) is 4.43. The van der Waals surface area contributed by atoms with E-state index in [2.05, 4.69) is 28.7 Å². The van der Waals surface area contributed by atoms with Gasteiger partial charge < -0.3 is 9.47 Å². The van der Waals surface area contributed by atoms with Gasteiger partial charge in [0.1, 0.15) is 13.2 Å². The van der Waals surface area contributed by atoms with Crippen LogP contribution in [0.5, 0.6) is 0 Å². The van der Waals surface area contributed by atoms with Crippen molar-refractivity contribution >= 4 is 11.4 Å². The molecule has 1 aliphatic rings. The third-order valence-corrected chi connectivity index (χ3v) is 2.59. The van der Waals surface area contributed by atoms with Gasteiger partial charge in [-0.25, -0.2) is 4.99 Å². The predicted octanol–water partition coefficient (Wildman–Crippen LogP) is 2.59. The number of rotatable bonds is 1. The van der Waals surface area contributed by atoms with Gasteiger partial charge in [0.15, 0.2) is 5.71 Å². The molecule has 1 aromatic rings. The fourth-order valence-electron chi connectivity index (χ4n) is 1.61. The van der Waals surface area contributed by atoms with Crippen molar-refractivity contribution in [2.24, 2.45) is 4.99 Å². The molecule has 1 heterocycles. The fourth-order valence-corrected chi connectivity index (χ4v) is 1.61. The van der Waals surface area contributed by atoms with Crippen LogP contribution in [0.15, 0.2) is 35.3 Å². The molecule has 0 fully saturated rings. The monoisotopic (exact) mass is 267 g/mol. The first kappa shape index (κ1) is 14.3. The van der Waals surface area contributed by atoms with E-state index in [1.165, 1.54) is 0 Å². The highest BCUT2D eigenvalue weighted by atomic mass is 16.5. The van der Waals surface area contributed by atoms with Gasteiger partial charge in [-0.2, -0.15) is 0 Å². The Labute approximate surface area is 120 Å². The Balaban J connectivity index is 2.12. The molecule has 1 aliphatic heterocycles. The number of hydrogen-bond donors (Lipinski definition) is 0. The molecule has 1 aromatic carbocycles. The van der Waals surface area contributed by atoms with Crippen LogP contribution >= 0.6 is 0 Å². The van der Waals surface area contributed by atoms with E-state index in [0.717, 1.165) is 18.5 Å². The maximum atomic E-state index is 5.41. The quantitative estimate of drug-likeness (QED) is 0.732. The lowest BCUT2D eigenvalue weighted by Gasteiger charge is -2.00. The molecule has 3 nitrogen and oxygen atoms in total. The zero-order valence-electron chi connectivity index (χ0n) is 11.4. The van der Waals surface area contributed by atoms with E-state index in [4.69, 9.17) is 9.47 Å². The first-order valence-electron chi connectivity index (χ1n) is 6.72. The third kappa shape index (κ3) is 5.71. The molecule has 0 aliphatic carbocycles. The Morgan fingerprint density at radius 3 is 2.05 bits per heavy atom. The highest BCUT2D eigenvalue weighted by Gasteiger charge is 1.93. The van der Waals surface area contributed by atoms with Gasteiger partial charge in [0.25, 0.3) is 0 Å². The van der Waals surface area contributed by atoms with Gasteiger partial charge >= 0.3 is 0 Å². The Morgan fingerprint density at radius 2 is 1.45 bits per heavy atom. The van der Waals surface area contributed by atoms with Crippen molar-refractivity contribution in [1.29, 1.82) is 0 Å². The van der Waals surface area contributed by atoms with Gasteiger partial charge in [-0.05, 0) is 36.8 Å². The van der Waals surface area contributed by atoms with Crippen molar-refractivity contribution in [3.05, 3.63) is 30.3 Å². The first-order valence-corrected chi connectivity index (χ1v) is 6.72. The smallest absolute Gasteiger partial charge is 0.164 e. The molecule has 0 spiro atoms. The van der Waals surface area contributed by atoms with Crippen LogP contribution in [-0.4, -0.2) is 32.1 Å². The highest BCUT2D eigenvalue weighted by Crippen LogP contribution is 2.09. The number of nitrogens with zero attached hydrogens (tertiary/aromatic N) is 1. The van der Waals surface area contributed by atoms with Gasteiger partial charge in [-0.1, -0.05) is 30.0 Å². The Morgan fingerprint density at radius 1 is 0.850 bits per heavy atom. The summed E-state index contributed by atoms with van der Waals surface area (Å²) in [5, 5.41) is 0. The van der Waals surface area contributed by atoms with E-state index < -0.39 is 0 Å². The lowest BCUT2D eigenvalue weighted by molar-refractivity contribution is 0.132. The molecule has 102 valence electrons. The second-order valence-corrected chi connectivity index (χ2v) is 4.21. The summed E-state index contributed by atoms with van der Waals surface area (Å²) >= 11 is 0. The van der Waals surface area contributed by atoms with Gasteiger partial charge in [-0.15, -0.1) is 0 Å². The highest BCUT2D eigenvalue weighted by molar-refractivity contribution is 6.14. The van der Waals surface area contributed by atoms with Crippen LogP contribution in [0.1, 0.15) is 12.8 Å². The summed E-state index contributed by atoms with van der Waals surface area (Å²) in [7, 11) is 0. The molecule has 0 aromatic heterocycles. The Hall–Kier alpha value is -2.07. The number of para-hydroxylation sites is 1. The number of ether oxygens (including phenoxy) is 2. The predicted molar refractivity (Wildman–Crippen MR) is 80.0 cm³/mol. The van der Waals surface area contributed by atoms with Gasteiger partial charge in [0.05, 0.1) is 5.69 Å². The SMILES string of the molecule is C1#CC(=Nc2ccccc2)C#CCOCCCCOC1. The van der Waals surface area contributed by atoms with Crippen LogP contribution in [0, 0.1) is 23.7 Å². The molecule has 20 heavy (non-hydrogen) atoms. The average molecular weight is 267 g/mol. The van der Waals surface area contributed by atoms with Crippen LogP contribution in [0.25, 0.3) is 0 Å². The van der Waals surface area contributed by atoms with Crippen molar-refractivity contribution in [3.8, 4) is 23.7 Å². The summed E-state index contributed by atoms with van der Waals surface area (Å²) in [6.07, 6.45) is 1.97. The molecule has 0 radical (unpaired) electrons. The first-order chi connectivity index (χ1) is 9.95. The van der Waals surface area contributed by atoms with Crippen LogP contribution in [0.3, 0.4) is 0 Å². The van der Waals surface area contributed by atoms with E-state index in [-0.39, 0.29) is 0 Å². The third-order valence-electron chi connectivity index (χ3n) is 2.59. The van der Waals surface area contributed by atoms with Crippen molar-refractivity contribution in [2.45, 2.75) is 12.8 Å². The van der Waals surface area contributed by atoms with Crippen molar-refractivity contribution < 1.29 is 9.47 Å². The summed E-state index contributed by atoms with van der Waals surface area (Å²) in [6, 6.07) is 9.67. The topological polar surface area (TPSA) is 30.8 Å². The molecule has 2 rings (SSSR count). The second kappa shape index (κ2) is 8.93. The maximum Gasteiger partial charge on any atom is 0.164 e. The van der Waals surface area contributed by atoms with Crippen LogP contribution < -0.4 is 0 Å². The van der Waals surface area contributed by atoms with Crippen molar-refractivity contribution in [2.75, 3.05) is 26.4 Å². The minimum Gasteiger partial charge on any atom is -0.369 e. The lowest BCUT2D eigenvalue weighted by atomic mass is 10.3.